The molecule has 0 bridgehead atoms. The largest absolute Gasteiger partial charge is 0.489 e. The molecular weight excluding hydrogens is 397 g/mol. The number of halogens is 3. The van der Waals surface area contributed by atoms with Crippen molar-refractivity contribution in [2.45, 2.75) is 6.61 Å². The minimum absolute atomic E-state index is 0.0219. The molecule has 0 aromatic heterocycles. The SMILES string of the molecule is O=[N+]([O-])c1cc(COc2ccc(F)c(Br)c2)ccc1Br. The zero-order valence-corrected chi connectivity index (χ0v) is 13.1. The molecule has 104 valence electrons. The molecule has 0 N–H and O–H groups in total. The van der Waals surface area contributed by atoms with Gasteiger partial charge in [-0.05, 0) is 61.7 Å². The third-order valence-corrected chi connectivity index (χ3v) is 3.78. The summed E-state index contributed by atoms with van der Waals surface area (Å²) in [5.74, 6) is 0.0977. The van der Waals surface area contributed by atoms with Crippen LogP contribution in [0.25, 0.3) is 0 Å². The standard InChI is InChI=1S/C13H8Br2FNO3/c14-10-3-1-8(5-13(10)17(18)19)7-20-9-2-4-12(16)11(15)6-9/h1-6H,7H2. The Balaban J connectivity index is 2.12. The lowest BCUT2D eigenvalue weighted by Gasteiger charge is -2.07. The van der Waals surface area contributed by atoms with Gasteiger partial charge in [-0.25, -0.2) is 4.39 Å². The van der Waals surface area contributed by atoms with Crippen LogP contribution in [0.3, 0.4) is 0 Å². The van der Waals surface area contributed by atoms with Crippen LogP contribution in [-0.4, -0.2) is 4.92 Å². The molecule has 0 heterocycles. The number of hydrogen-bond acceptors (Lipinski definition) is 3. The smallest absolute Gasteiger partial charge is 0.283 e. The van der Waals surface area contributed by atoms with Gasteiger partial charge < -0.3 is 4.74 Å². The van der Waals surface area contributed by atoms with Gasteiger partial charge in [0.15, 0.2) is 0 Å². The summed E-state index contributed by atoms with van der Waals surface area (Å²) >= 11 is 6.18. The van der Waals surface area contributed by atoms with Crippen molar-refractivity contribution in [1.82, 2.24) is 0 Å². The maximum absolute atomic E-state index is 13.1. The van der Waals surface area contributed by atoms with E-state index in [-0.39, 0.29) is 18.1 Å². The number of rotatable bonds is 4. The fraction of sp³-hybridized carbons (Fsp3) is 0.0769. The zero-order chi connectivity index (χ0) is 14.7. The molecule has 4 nitrogen and oxygen atoms in total. The Morgan fingerprint density at radius 3 is 2.55 bits per heavy atom. The van der Waals surface area contributed by atoms with E-state index in [0.29, 0.717) is 20.3 Å². The highest BCUT2D eigenvalue weighted by Gasteiger charge is 2.12. The first-order chi connectivity index (χ1) is 9.47. The van der Waals surface area contributed by atoms with E-state index >= 15 is 0 Å². The zero-order valence-electron chi connectivity index (χ0n) is 9.98. The molecule has 0 saturated heterocycles. The topological polar surface area (TPSA) is 52.4 Å². The summed E-state index contributed by atoms with van der Waals surface area (Å²) in [5.41, 5.74) is 0.631. The number of ether oxygens (including phenoxy) is 1. The van der Waals surface area contributed by atoms with Gasteiger partial charge >= 0.3 is 0 Å². The third-order valence-electron chi connectivity index (χ3n) is 2.50. The number of nitro benzene ring substituents is 1. The molecule has 2 aromatic rings. The molecule has 20 heavy (non-hydrogen) atoms. The van der Waals surface area contributed by atoms with Crippen LogP contribution in [0.4, 0.5) is 10.1 Å². The normalized spacial score (nSPS) is 10.3. The molecule has 7 heteroatoms. The Labute approximate surface area is 131 Å². The Bertz CT molecular complexity index is 664. The Morgan fingerprint density at radius 1 is 1.15 bits per heavy atom. The first kappa shape index (κ1) is 14.9. The van der Waals surface area contributed by atoms with E-state index < -0.39 is 4.92 Å². The van der Waals surface area contributed by atoms with Crippen LogP contribution in [0.2, 0.25) is 0 Å². The Morgan fingerprint density at radius 2 is 1.90 bits per heavy atom. The van der Waals surface area contributed by atoms with Crippen LogP contribution in [0.5, 0.6) is 5.75 Å². The number of hydrogen-bond donors (Lipinski definition) is 0. The minimum Gasteiger partial charge on any atom is -0.489 e. The van der Waals surface area contributed by atoms with Crippen LogP contribution in [0.1, 0.15) is 5.56 Å². The highest BCUT2D eigenvalue weighted by atomic mass is 79.9. The lowest BCUT2D eigenvalue weighted by molar-refractivity contribution is -0.385. The fourth-order valence-corrected chi connectivity index (χ4v) is 2.27. The van der Waals surface area contributed by atoms with E-state index in [1.54, 1.807) is 12.1 Å². The van der Waals surface area contributed by atoms with E-state index in [1.165, 1.54) is 24.3 Å². The Kier molecular flexibility index (Phi) is 4.72. The first-order valence-electron chi connectivity index (χ1n) is 5.48. The van der Waals surface area contributed by atoms with Gasteiger partial charge in [0.2, 0.25) is 0 Å². The predicted octanol–water partition coefficient (Wildman–Crippen LogP) is 4.84. The maximum atomic E-state index is 13.1. The number of benzene rings is 2. The van der Waals surface area contributed by atoms with Crippen LogP contribution >= 0.6 is 31.9 Å². The first-order valence-corrected chi connectivity index (χ1v) is 7.06. The van der Waals surface area contributed by atoms with Crippen molar-refractivity contribution in [3.8, 4) is 5.75 Å². The van der Waals surface area contributed by atoms with E-state index in [2.05, 4.69) is 31.9 Å². The van der Waals surface area contributed by atoms with Crippen molar-refractivity contribution in [1.29, 1.82) is 0 Å². The highest BCUT2D eigenvalue weighted by molar-refractivity contribution is 9.10. The second kappa shape index (κ2) is 6.32. The average Bonchev–Trinajstić information content (AvgIpc) is 2.41. The lowest BCUT2D eigenvalue weighted by Crippen LogP contribution is -1.98. The molecular formula is C13H8Br2FNO3. The summed E-state index contributed by atoms with van der Waals surface area (Å²) in [7, 11) is 0. The van der Waals surface area contributed by atoms with Crippen molar-refractivity contribution >= 4 is 37.5 Å². The van der Waals surface area contributed by atoms with Crippen molar-refractivity contribution in [3.63, 3.8) is 0 Å². The van der Waals surface area contributed by atoms with Gasteiger partial charge in [0.05, 0.1) is 13.9 Å². The molecule has 2 aromatic carbocycles. The third kappa shape index (κ3) is 3.55. The van der Waals surface area contributed by atoms with Crippen LogP contribution in [0.15, 0.2) is 45.3 Å². The van der Waals surface area contributed by atoms with E-state index in [4.69, 9.17) is 4.74 Å². The van der Waals surface area contributed by atoms with Crippen molar-refractivity contribution in [3.05, 3.63) is 66.8 Å². The molecule has 2 rings (SSSR count). The van der Waals surface area contributed by atoms with Crippen LogP contribution in [-0.2, 0) is 6.61 Å². The molecule has 0 radical (unpaired) electrons. The summed E-state index contributed by atoms with van der Waals surface area (Å²) in [6.07, 6.45) is 0. The molecule has 0 amide bonds. The minimum atomic E-state index is -0.470. The molecule has 0 atom stereocenters. The second-order valence-electron chi connectivity index (χ2n) is 3.91. The molecule has 0 spiro atoms. The monoisotopic (exact) mass is 403 g/mol. The quantitative estimate of drug-likeness (QED) is 0.541. The maximum Gasteiger partial charge on any atom is 0.283 e. The summed E-state index contributed by atoms with van der Waals surface area (Å²) in [4.78, 5) is 10.3. The summed E-state index contributed by atoms with van der Waals surface area (Å²) in [5, 5.41) is 10.8. The van der Waals surface area contributed by atoms with Crippen LogP contribution < -0.4 is 4.74 Å². The summed E-state index contributed by atoms with van der Waals surface area (Å²) in [6.45, 7) is 0.159. The molecule has 0 aliphatic heterocycles. The predicted molar refractivity (Wildman–Crippen MR) is 79.2 cm³/mol. The van der Waals surface area contributed by atoms with Crippen molar-refractivity contribution < 1.29 is 14.1 Å². The van der Waals surface area contributed by atoms with Gasteiger partial charge in [-0.2, -0.15) is 0 Å². The van der Waals surface area contributed by atoms with E-state index in [0.717, 1.165) is 0 Å². The second-order valence-corrected chi connectivity index (χ2v) is 5.62. The van der Waals surface area contributed by atoms with Crippen molar-refractivity contribution in [2.24, 2.45) is 0 Å². The van der Waals surface area contributed by atoms with Gasteiger partial charge in [0.1, 0.15) is 18.2 Å². The lowest BCUT2D eigenvalue weighted by atomic mass is 10.2. The van der Waals surface area contributed by atoms with E-state index in [1.807, 2.05) is 0 Å². The fourth-order valence-electron chi connectivity index (χ4n) is 1.52. The molecule has 0 unspecified atom stereocenters. The molecule has 0 aliphatic carbocycles. The van der Waals surface area contributed by atoms with Gasteiger partial charge in [-0.3, -0.25) is 10.1 Å². The van der Waals surface area contributed by atoms with Gasteiger partial charge in [0, 0.05) is 6.07 Å². The number of nitro groups is 1. The highest BCUT2D eigenvalue weighted by Crippen LogP contribution is 2.27. The van der Waals surface area contributed by atoms with Gasteiger partial charge in [-0.15, -0.1) is 0 Å². The van der Waals surface area contributed by atoms with Gasteiger partial charge in [0.25, 0.3) is 5.69 Å². The summed E-state index contributed by atoms with van der Waals surface area (Å²) < 4.78 is 19.2. The van der Waals surface area contributed by atoms with Crippen LogP contribution in [0, 0.1) is 15.9 Å². The van der Waals surface area contributed by atoms with Gasteiger partial charge in [-0.1, -0.05) is 6.07 Å². The summed E-state index contributed by atoms with van der Waals surface area (Å²) in [6, 6.07) is 9.02. The van der Waals surface area contributed by atoms with Crippen molar-refractivity contribution in [2.75, 3.05) is 0 Å². The molecule has 0 saturated carbocycles. The average molecular weight is 405 g/mol. The Hall–Kier alpha value is -1.47. The molecule has 0 fully saturated rings. The van der Waals surface area contributed by atoms with E-state index in [9.17, 15) is 14.5 Å². The molecule has 0 aliphatic rings. The number of nitrogens with zero attached hydrogens (tertiary/aromatic N) is 1.